The number of nitrogens with one attached hydrogen (secondary N) is 2. The predicted molar refractivity (Wildman–Crippen MR) is 106 cm³/mol. The van der Waals surface area contributed by atoms with Gasteiger partial charge in [0.2, 0.25) is 0 Å². The summed E-state index contributed by atoms with van der Waals surface area (Å²) in [7, 11) is 0. The van der Waals surface area contributed by atoms with Crippen molar-refractivity contribution in [3.8, 4) is 0 Å². The van der Waals surface area contributed by atoms with Crippen molar-refractivity contribution in [2.24, 2.45) is 11.5 Å². The fraction of sp³-hybridized carbons (Fsp3) is 0.450. The zero-order valence-corrected chi connectivity index (χ0v) is 15.6. The minimum absolute atomic E-state index is 0.00665. The molecule has 2 aromatic heterocycles. The number of anilines is 3. The molecule has 28 heavy (non-hydrogen) atoms. The maximum atomic E-state index is 14.6. The smallest absolute Gasteiger partial charge is 0.252 e. The maximum Gasteiger partial charge on any atom is 0.252 e. The van der Waals surface area contributed by atoms with Gasteiger partial charge in [0.15, 0.2) is 11.6 Å². The molecule has 0 saturated heterocycles. The van der Waals surface area contributed by atoms with Crippen LogP contribution in [-0.2, 0) is 0 Å². The van der Waals surface area contributed by atoms with Gasteiger partial charge in [-0.25, -0.2) is 9.37 Å². The third-order valence-electron chi connectivity index (χ3n) is 5.45. The summed E-state index contributed by atoms with van der Waals surface area (Å²) in [4.78, 5) is 20.4. The molecule has 2 fully saturated rings. The number of aromatic nitrogens is 2. The van der Waals surface area contributed by atoms with Crippen molar-refractivity contribution in [3.63, 3.8) is 0 Å². The van der Waals surface area contributed by atoms with Crippen LogP contribution in [0.4, 0.5) is 21.7 Å². The van der Waals surface area contributed by atoms with Crippen LogP contribution in [0, 0.1) is 5.82 Å². The number of primary amides is 1. The van der Waals surface area contributed by atoms with E-state index < -0.39 is 11.7 Å². The molecule has 2 heterocycles. The Bertz CT molecular complexity index is 885. The molecule has 1 amide bonds. The highest BCUT2D eigenvalue weighted by Gasteiger charge is 2.26. The summed E-state index contributed by atoms with van der Waals surface area (Å²) in [6.07, 6.45) is 9.66. The number of carbonyl (C=O) groups is 1. The molecule has 2 saturated carbocycles. The van der Waals surface area contributed by atoms with Crippen LogP contribution in [0.3, 0.4) is 0 Å². The third kappa shape index (κ3) is 4.06. The number of hydrogen-bond acceptors (Lipinski definition) is 6. The number of amides is 1. The Hall–Kier alpha value is -2.74. The fourth-order valence-corrected chi connectivity index (χ4v) is 3.69. The minimum atomic E-state index is -0.749. The summed E-state index contributed by atoms with van der Waals surface area (Å²) in [5.41, 5.74) is 13.4. The first kappa shape index (κ1) is 18.6. The largest absolute Gasteiger partial charge is 0.365 e. The molecule has 0 radical (unpaired) electrons. The molecule has 2 aliphatic rings. The second-order valence-electron chi connectivity index (χ2n) is 7.68. The van der Waals surface area contributed by atoms with Crippen molar-refractivity contribution >= 4 is 23.2 Å². The van der Waals surface area contributed by atoms with Crippen LogP contribution in [0.15, 0.2) is 24.5 Å². The van der Waals surface area contributed by atoms with Crippen LogP contribution < -0.4 is 22.1 Å². The summed E-state index contributed by atoms with van der Waals surface area (Å²) in [5, 5.41) is 6.19. The Morgan fingerprint density at radius 3 is 2.61 bits per heavy atom. The number of carbonyl (C=O) groups excluding carboxylic acids is 1. The maximum absolute atomic E-state index is 14.6. The van der Waals surface area contributed by atoms with Gasteiger partial charge in [0.1, 0.15) is 5.82 Å². The van der Waals surface area contributed by atoms with Crippen molar-refractivity contribution in [3.05, 3.63) is 41.5 Å². The summed E-state index contributed by atoms with van der Waals surface area (Å²) >= 11 is 0. The number of rotatable bonds is 6. The van der Waals surface area contributed by atoms with E-state index in [0.29, 0.717) is 11.6 Å². The third-order valence-corrected chi connectivity index (χ3v) is 5.45. The molecule has 2 atom stereocenters. The van der Waals surface area contributed by atoms with E-state index in [2.05, 4.69) is 20.6 Å². The quantitative estimate of drug-likeness (QED) is 0.608. The molecule has 4 rings (SSSR count). The van der Waals surface area contributed by atoms with E-state index in [1.807, 2.05) is 12.3 Å². The van der Waals surface area contributed by atoms with E-state index in [-0.39, 0.29) is 29.3 Å². The van der Waals surface area contributed by atoms with Crippen LogP contribution in [0.1, 0.15) is 60.4 Å². The van der Waals surface area contributed by atoms with E-state index >= 15 is 0 Å². The molecule has 0 spiro atoms. The number of halogens is 1. The lowest BCUT2D eigenvalue weighted by Crippen LogP contribution is -2.43. The lowest BCUT2D eigenvalue weighted by molar-refractivity contribution is 0.100. The second-order valence-corrected chi connectivity index (χ2v) is 7.68. The molecular weight excluding hydrogens is 359 g/mol. The van der Waals surface area contributed by atoms with Crippen LogP contribution in [0.5, 0.6) is 0 Å². The fourth-order valence-electron chi connectivity index (χ4n) is 3.69. The van der Waals surface area contributed by atoms with Crippen LogP contribution in [-0.4, -0.2) is 28.0 Å². The number of nitrogens with zero attached hydrogens (tertiary/aromatic N) is 2. The van der Waals surface area contributed by atoms with Crippen molar-refractivity contribution in [1.82, 2.24) is 9.97 Å². The summed E-state index contributed by atoms with van der Waals surface area (Å²) in [6.45, 7) is 0. The van der Waals surface area contributed by atoms with Gasteiger partial charge < -0.3 is 22.1 Å². The lowest BCUT2D eigenvalue weighted by Gasteiger charge is -2.30. The van der Waals surface area contributed by atoms with Gasteiger partial charge >= 0.3 is 0 Å². The Morgan fingerprint density at radius 1 is 1.11 bits per heavy atom. The van der Waals surface area contributed by atoms with Crippen molar-refractivity contribution in [2.75, 3.05) is 10.6 Å². The summed E-state index contributed by atoms with van der Waals surface area (Å²) in [6, 6.07) is 2.99. The second kappa shape index (κ2) is 7.71. The van der Waals surface area contributed by atoms with E-state index in [1.54, 1.807) is 6.20 Å². The molecule has 6 N–H and O–H groups in total. The molecule has 2 aliphatic carbocycles. The van der Waals surface area contributed by atoms with Crippen LogP contribution >= 0.6 is 0 Å². The van der Waals surface area contributed by atoms with E-state index in [0.717, 1.165) is 50.2 Å². The highest BCUT2D eigenvalue weighted by atomic mass is 19.1. The number of nitrogens with two attached hydrogens (primary N) is 2. The molecule has 8 heteroatoms. The first-order valence-corrected chi connectivity index (χ1v) is 9.75. The van der Waals surface area contributed by atoms with Crippen LogP contribution in [0.25, 0.3) is 0 Å². The van der Waals surface area contributed by atoms with Gasteiger partial charge in [-0.15, -0.1) is 0 Å². The zero-order chi connectivity index (χ0) is 19.7. The van der Waals surface area contributed by atoms with E-state index in [4.69, 9.17) is 11.5 Å². The topological polar surface area (TPSA) is 119 Å². The lowest BCUT2D eigenvalue weighted by atomic mass is 9.91. The van der Waals surface area contributed by atoms with Crippen molar-refractivity contribution < 1.29 is 9.18 Å². The van der Waals surface area contributed by atoms with Gasteiger partial charge in [-0.1, -0.05) is 12.8 Å². The Kier molecular flexibility index (Phi) is 5.13. The van der Waals surface area contributed by atoms with Gasteiger partial charge in [-0.2, -0.15) is 0 Å². The van der Waals surface area contributed by atoms with Gasteiger partial charge in [0.05, 0.1) is 17.4 Å². The molecule has 148 valence electrons. The van der Waals surface area contributed by atoms with Gasteiger partial charge in [0.25, 0.3) is 5.91 Å². The first-order chi connectivity index (χ1) is 13.5. The summed E-state index contributed by atoms with van der Waals surface area (Å²) in [5.74, 6) is -0.559. The van der Waals surface area contributed by atoms with Crippen molar-refractivity contribution in [1.29, 1.82) is 0 Å². The molecule has 0 aromatic carbocycles. The average Bonchev–Trinajstić information content (AvgIpc) is 3.51. The van der Waals surface area contributed by atoms with Gasteiger partial charge in [-0.3, -0.25) is 9.78 Å². The minimum Gasteiger partial charge on any atom is -0.365 e. The molecular formula is C20H25FN6O. The SMILES string of the molecule is NC(=O)c1cc(F)c(NC2CCCC[C@@H]2N)nc1Nc1cncc(C2CC2)c1. The average molecular weight is 384 g/mol. The van der Waals surface area contributed by atoms with Crippen molar-refractivity contribution in [2.45, 2.75) is 56.5 Å². The monoisotopic (exact) mass is 384 g/mol. The first-order valence-electron chi connectivity index (χ1n) is 9.75. The summed E-state index contributed by atoms with van der Waals surface area (Å²) < 4.78 is 14.6. The Balaban J connectivity index is 1.62. The zero-order valence-electron chi connectivity index (χ0n) is 15.6. The molecule has 7 nitrogen and oxygen atoms in total. The van der Waals surface area contributed by atoms with Gasteiger partial charge in [-0.05, 0) is 49.3 Å². The number of hydrogen-bond donors (Lipinski definition) is 4. The molecule has 0 bridgehead atoms. The van der Waals surface area contributed by atoms with E-state index in [1.165, 1.54) is 0 Å². The van der Waals surface area contributed by atoms with Crippen LogP contribution in [0.2, 0.25) is 0 Å². The highest BCUT2D eigenvalue weighted by Crippen LogP contribution is 2.40. The Morgan fingerprint density at radius 2 is 1.89 bits per heavy atom. The predicted octanol–water partition coefficient (Wildman–Crippen LogP) is 3.02. The number of pyridine rings is 2. The molecule has 0 aliphatic heterocycles. The molecule has 2 aromatic rings. The van der Waals surface area contributed by atoms with Gasteiger partial charge in [0, 0.05) is 18.3 Å². The Labute approximate surface area is 163 Å². The van der Waals surface area contributed by atoms with E-state index in [9.17, 15) is 9.18 Å². The normalized spacial score (nSPS) is 21.9. The standard InChI is InChI=1S/C20H25FN6O/c21-15-8-14(18(23)28)19(25-13-7-12(9-24-10-13)11-5-6-11)27-20(15)26-17-4-2-1-3-16(17)22/h7-11,16-17H,1-6,22H2,(H2,23,28)(H2,25,26,27)/t16-,17?/m0/s1. The molecule has 1 unspecified atom stereocenters. The highest BCUT2D eigenvalue weighted by molar-refractivity contribution is 5.98.